The minimum absolute atomic E-state index is 0.0904. The van der Waals surface area contributed by atoms with Gasteiger partial charge in [0, 0.05) is 5.41 Å². The van der Waals surface area contributed by atoms with Crippen molar-refractivity contribution in [2.24, 2.45) is 5.41 Å². The molecule has 22 heavy (non-hydrogen) atoms. The Morgan fingerprint density at radius 2 is 1.41 bits per heavy atom. The van der Waals surface area contributed by atoms with E-state index in [-0.39, 0.29) is 16.4 Å². The van der Waals surface area contributed by atoms with Crippen LogP contribution in [0.15, 0.2) is 0 Å². The Bertz CT molecular complexity index is 596. The molecular formula is C21H34O. The van der Waals surface area contributed by atoms with Gasteiger partial charge >= 0.3 is 0 Å². The molecule has 0 saturated carbocycles. The molecule has 1 atom stereocenters. The van der Waals surface area contributed by atoms with Gasteiger partial charge in [-0.15, -0.1) is 0 Å². The summed E-state index contributed by atoms with van der Waals surface area (Å²) in [5.41, 5.74) is 7.36. The van der Waals surface area contributed by atoms with Gasteiger partial charge in [-0.2, -0.15) is 0 Å². The van der Waals surface area contributed by atoms with Gasteiger partial charge in [0.2, 0.25) is 0 Å². The molecule has 0 unspecified atom stereocenters. The normalized spacial score (nSPS) is 22.3. The molecule has 1 aliphatic rings. The number of hydrogen-bond acceptors (Lipinski definition) is 1. The maximum absolute atomic E-state index is 6.64. The third kappa shape index (κ3) is 2.57. The zero-order valence-corrected chi connectivity index (χ0v) is 16.3. The first-order chi connectivity index (χ1) is 9.79. The quantitative estimate of drug-likeness (QED) is 0.567. The van der Waals surface area contributed by atoms with Crippen molar-refractivity contribution in [2.75, 3.05) is 0 Å². The number of benzene rings is 1. The predicted octanol–water partition coefficient (Wildman–Crippen LogP) is 6.04. The van der Waals surface area contributed by atoms with Crippen LogP contribution >= 0.6 is 0 Å². The molecular weight excluding hydrogens is 268 g/mol. The van der Waals surface area contributed by atoms with Crippen LogP contribution in [0.3, 0.4) is 0 Å². The molecule has 1 aromatic carbocycles. The van der Waals surface area contributed by atoms with E-state index in [0.29, 0.717) is 0 Å². The van der Waals surface area contributed by atoms with Gasteiger partial charge in [0.1, 0.15) is 11.4 Å². The molecule has 2 rings (SSSR count). The maximum atomic E-state index is 6.64. The van der Waals surface area contributed by atoms with Gasteiger partial charge in [0.15, 0.2) is 0 Å². The fraction of sp³-hybridized carbons (Fsp3) is 0.714. The summed E-state index contributed by atoms with van der Waals surface area (Å²) in [7, 11) is 0. The molecule has 0 amide bonds. The van der Waals surface area contributed by atoms with Crippen molar-refractivity contribution >= 4 is 0 Å². The minimum Gasteiger partial charge on any atom is -0.486 e. The monoisotopic (exact) mass is 302 g/mol. The maximum Gasteiger partial charge on any atom is 0.126 e. The summed E-state index contributed by atoms with van der Waals surface area (Å²) in [6.45, 7) is 22.9. The van der Waals surface area contributed by atoms with E-state index in [2.05, 4.69) is 69.2 Å². The van der Waals surface area contributed by atoms with Gasteiger partial charge in [-0.05, 0) is 73.8 Å². The van der Waals surface area contributed by atoms with Crippen LogP contribution < -0.4 is 4.74 Å². The van der Waals surface area contributed by atoms with Crippen molar-refractivity contribution in [1.82, 2.24) is 0 Å². The number of hydrogen-bond donors (Lipinski definition) is 0. The van der Waals surface area contributed by atoms with Gasteiger partial charge in [-0.3, -0.25) is 0 Å². The van der Waals surface area contributed by atoms with Crippen molar-refractivity contribution in [3.63, 3.8) is 0 Å². The molecule has 0 saturated heterocycles. The van der Waals surface area contributed by atoms with Gasteiger partial charge in [0.25, 0.3) is 0 Å². The Kier molecular flexibility index (Phi) is 3.96. The molecule has 0 fully saturated rings. The van der Waals surface area contributed by atoms with Gasteiger partial charge in [-0.1, -0.05) is 41.5 Å². The van der Waals surface area contributed by atoms with Crippen LogP contribution in [0.25, 0.3) is 0 Å². The van der Waals surface area contributed by atoms with Crippen molar-refractivity contribution < 1.29 is 4.74 Å². The lowest BCUT2D eigenvalue weighted by Gasteiger charge is -2.46. The molecule has 1 aromatic rings. The van der Waals surface area contributed by atoms with E-state index < -0.39 is 0 Å². The summed E-state index contributed by atoms with van der Waals surface area (Å²) in [5.74, 6) is 1.16. The molecule has 1 heteroatoms. The van der Waals surface area contributed by atoms with Crippen LogP contribution in [-0.2, 0) is 11.8 Å². The Morgan fingerprint density at radius 1 is 0.864 bits per heavy atom. The molecule has 1 heterocycles. The first-order valence-electron chi connectivity index (χ1n) is 8.62. The zero-order valence-electron chi connectivity index (χ0n) is 16.3. The molecule has 0 bridgehead atoms. The summed E-state index contributed by atoms with van der Waals surface area (Å²) in [5, 5.41) is 0. The fourth-order valence-electron chi connectivity index (χ4n) is 3.92. The molecule has 0 radical (unpaired) electrons. The van der Waals surface area contributed by atoms with E-state index in [9.17, 15) is 0 Å². The van der Waals surface area contributed by atoms with Gasteiger partial charge in [-0.25, -0.2) is 0 Å². The summed E-state index contributed by atoms with van der Waals surface area (Å²) in [6.07, 6.45) is 2.22. The van der Waals surface area contributed by atoms with Crippen molar-refractivity contribution in [3.05, 3.63) is 27.8 Å². The summed E-state index contributed by atoms with van der Waals surface area (Å²) >= 11 is 0. The average molecular weight is 303 g/mol. The van der Waals surface area contributed by atoms with E-state index in [1.807, 2.05) is 0 Å². The van der Waals surface area contributed by atoms with Crippen LogP contribution in [-0.4, -0.2) is 5.60 Å². The topological polar surface area (TPSA) is 9.23 Å². The third-order valence-electron chi connectivity index (χ3n) is 5.90. The second-order valence-electron chi connectivity index (χ2n) is 9.39. The third-order valence-corrected chi connectivity index (χ3v) is 5.90. The lowest BCUT2D eigenvalue weighted by atomic mass is 9.71. The van der Waals surface area contributed by atoms with Crippen molar-refractivity contribution in [1.29, 1.82) is 0 Å². The Labute approximate surface area is 137 Å². The van der Waals surface area contributed by atoms with Crippen molar-refractivity contribution in [2.45, 2.75) is 93.1 Å². The van der Waals surface area contributed by atoms with E-state index in [1.54, 1.807) is 0 Å². The molecule has 0 spiro atoms. The van der Waals surface area contributed by atoms with E-state index >= 15 is 0 Å². The summed E-state index contributed by atoms with van der Waals surface area (Å²) in [4.78, 5) is 0. The highest BCUT2D eigenvalue weighted by atomic mass is 16.5. The van der Waals surface area contributed by atoms with E-state index in [0.717, 1.165) is 18.6 Å². The van der Waals surface area contributed by atoms with Crippen LogP contribution in [0, 0.1) is 26.2 Å². The first-order valence-corrected chi connectivity index (χ1v) is 8.62. The number of rotatable bonds is 0. The van der Waals surface area contributed by atoms with Gasteiger partial charge < -0.3 is 4.74 Å². The molecule has 0 N–H and O–H groups in total. The molecule has 1 nitrogen and oxygen atoms in total. The van der Waals surface area contributed by atoms with Crippen LogP contribution in [0.1, 0.15) is 82.7 Å². The number of ether oxygens (including phenoxy) is 1. The Hall–Kier alpha value is -0.980. The largest absolute Gasteiger partial charge is 0.486 e. The van der Waals surface area contributed by atoms with Crippen molar-refractivity contribution in [3.8, 4) is 5.75 Å². The molecule has 0 aromatic heterocycles. The van der Waals surface area contributed by atoms with E-state index in [4.69, 9.17) is 4.74 Å². The molecule has 0 aliphatic carbocycles. The SMILES string of the molecule is Cc1c(C)c(C(C)(C)C)c(C)c2c1O[C@](C)(C(C)(C)C)CC2. The first kappa shape index (κ1) is 17.4. The second-order valence-corrected chi connectivity index (χ2v) is 9.39. The lowest BCUT2D eigenvalue weighted by Crippen LogP contribution is -2.48. The van der Waals surface area contributed by atoms with E-state index in [1.165, 1.54) is 27.8 Å². The fourth-order valence-corrected chi connectivity index (χ4v) is 3.92. The number of fused-ring (bicyclic) bond motifs is 1. The highest BCUT2D eigenvalue weighted by Gasteiger charge is 2.43. The summed E-state index contributed by atoms with van der Waals surface area (Å²) in [6, 6.07) is 0. The van der Waals surface area contributed by atoms with Crippen LogP contribution in [0.4, 0.5) is 0 Å². The molecule has 124 valence electrons. The Balaban J connectivity index is 2.66. The predicted molar refractivity (Wildman–Crippen MR) is 96.2 cm³/mol. The highest BCUT2D eigenvalue weighted by molar-refractivity contribution is 5.57. The minimum atomic E-state index is -0.0904. The Morgan fingerprint density at radius 3 is 1.86 bits per heavy atom. The smallest absolute Gasteiger partial charge is 0.126 e. The highest BCUT2D eigenvalue weighted by Crippen LogP contribution is 2.48. The average Bonchev–Trinajstić information content (AvgIpc) is 2.33. The zero-order chi connectivity index (χ0) is 17.1. The summed E-state index contributed by atoms with van der Waals surface area (Å²) < 4.78 is 6.64. The van der Waals surface area contributed by atoms with Crippen LogP contribution in [0.2, 0.25) is 0 Å². The molecule has 1 aliphatic heterocycles. The van der Waals surface area contributed by atoms with Gasteiger partial charge in [0.05, 0.1) is 0 Å². The van der Waals surface area contributed by atoms with Crippen LogP contribution in [0.5, 0.6) is 5.75 Å². The standard InChI is InChI=1S/C21H34O/c1-13-14(2)18-16(15(3)17(13)19(4,5)6)11-12-21(10,22-18)20(7,8)9/h11-12H2,1-10H3/t21-/m0/s1. The second kappa shape index (κ2) is 5.01. The lowest BCUT2D eigenvalue weighted by molar-refractivity contribution is -0.0340.